The topological polar surface area (TPSA) is 49.6 Å². The van der Waals surface area contributed by atoms with E-state index in [-0.39, 0.29) is 11.1 Å². The molecule has 160 valence electrons. The molecular formula is C21H25F3N6. The Kier molecular flexibility index (Phi) is 5.17. The Balaban J connectivity index is 1.41. The second-order valence-electron chi connectivity index (χ2n) is 8.69. The Bertz CT molecular complexity index is 1010. The van der Waals surface area contributed by atoms with Gasteiger partial charge in [0.15, 0.2) is 5.65 Å². The summed E-state index contributed by atoms with van der Waals surface area (Å²) in [7, 11) is 0. The third-order valence-corrected chi connectivity index (χ3v) is 5.42. The molecule has 0 spiro atoms. The number of rotatable bonds is 3. The Morgan fingerprint density at radius 3 is 2.13 bits per heavy atom. The van der Waals surface area contributed by atoms with E-state index in [4.69, 9.17) is 0 Å². The average molecular weight is 418 g/mol. The number of aromatic nitrogens is 4. The molecule has 2 aromatic heterocycles. The van der Waals surface area contributed by atoms with Crippen LogP contribution in [0.1, 0.15) is 37.7 Å². The predicted molar refractivity (Wildman–Crippen MR) is 108 cm³/mol. The molecule has 3 aromatic rings. The first-order chi connectivity index (χ1) is 14.1. The third kappa shape index (κ3) is 4.26. The molecule has 9 heteroatoms. The molecule has 0 amide bonds. The Labute approximate surface area is 173 Å². The van der Waals surface area contributed by atoms with E-state index in [1.807, 2.05) is 4.90 Å². The molecule has 0 radical (unpaired) electrons. The lowest BCUT2D eigenvalue weighted by molar-refractivity contribution is -0.146. The van der Waals surface area contributed by atoms with Gasteiger partial charge < -0.3 is 4.90 Å². The molecule has 0 atom stereocenters. The maximum Gasteiger partial charge on any atom is 0.453 e. The van der Waals surface area contributed by atoms with Gasteiger partial charge in [0, 0.05) is 32.7 Å². The summed E-state index contributed by atoms with van der Waals surface area (Å²) in [4.78, 5) is 4.35. The lowest BCUT2D eigenvalue weighted by Crippen LogP contribution is -2.46. The van der Waals surface area contributed by atoms with Crippen molar-refractivity contribution in [3.8, 4) is 0 Å². The second-order valence-corrected chi connectivity index (χ2v) is 8.69. The number of hydrogen-bond donors (Lipinski definition) is 0. The van der Waals surface area contributed by atoms with Crippen molar-refractivity contribution in [2.45, 2.75) is 38.9 Å². The van der Waals surface area contributed by atoms with E-state index in [0.29, 0.717) is 18.9 Å². The third-order valence-electron chi connectivity index (χ3n) is 5.42. The molecule has 1 aliphatic heterocycles. The minimum absolute atomic E-state index is 0.0865. The van der Waals surface area contributed by atoms with Gasteiger partial charge in [0.2, 0.25) is 0 Å². The Morgan fingerprint density at radius 2 is 1.53 bits per heavy atom. The molecule has 1 saturated heterocycles. The van der Waals surface area contributed by atoms with E-state index in [1.54, 1.807) is 6.07 Å². The van der Waals surface area contributed by atoms with Crippen molar-refractivity contribution in [2.24, 2.45) is 0 Å². The number of hydrogen-bond acceptors (Lipinski definition) is 5. The number of nitrogens with zero attached hydrogens (tertiary/aromatic N) is 6. The molecule has 0 N–H and O–H groups in total. The van der Waals surface area contributed by atoms with Crippen LogP contribution in [-0.4, -0.2) is 50.9 Å². The Morgan fingerprint density at radius 1 is 0.867 bits per heavy atom. The van der Waals surface area contributed by atoms with E-state index in [0.717, 1.165) is 24.1 Å². The minimum atomic E-state index is -4.59. The largest absolute Gasteiger partial charge is 0.453 e. The lowest BCUT2D eigenvalue weighted by atomic mass is 9.87. The standard InChI is InChI=1S/C21H25F3N6/c1-20(2,3)16-6-4-15(5-7-16)14-28-10-12-29(13-11-28)18-9-8-17-25-26-19(21(22,23)24)30(17)27-18/h4-9H,10-14H2,1-3H3. The Hall–Kier alpha value is -2.68. The van der Waals surface area contributed by atoms with Crippen molar-refractivity contribution in [2.75, 3.05) is 31.1 Å². The lowest BCUT2D eigenvalue weighted by Gasteiger charge is -2.35. The monoisotopic (exact) mass is 418 g/mol. The molecule has 0 saturated carbocycles. The van der Waals surface area contributed by atoms with Crippen LogP contribution in [0.15, 0.2) is 36.4 Å². The van der Waals surface area contributed by atoms with Gasteiger partial charge in [0.1, 0.15) is 5.82 Å². The van der Waals surface area contributed by atoms with E-state index < -0.39 is 12.0 Å². The van der Waals surface area contributed by atoms with Gasteiger partial charge in [-0.1, -0.05) is 45.0 Å². The van der Waals surface area contributed by atoms with Crippen molar-refractivity contribution in [3.63, 3.8) is 0 Å². The van der Waals surface area contributed by atoms with Crippen LogP contribution in [-0.2, 0) is 18.1 Å². The van der Waals surface area contributed by atoms with Gasteiger partial charge in [-0.3, -0.25) is 4.90 Å². The van der Waals surface area contributed by atoms with E-state index in [2.05, 4.69) is 65.2 Å². The minimum Gasteiger partial charge on any atom is -0.353 e. The summed E-state index contributed by atoms with van der Waals surface area (Å²) in [6, 6.07) is 11.9. The van der Waals surface area contributed by atoms with Gasteiger partial charge in [0.25, 0.3) is 5.82 Å². The molecule has 6 nitrogen and oxygen atoms in total. The molecule has 30 heavy (non-hydrogen) atoms. The number of anilines is 1. The van der Waals surface area contributed by atoms with Crippen LogP contribution in [0.3, 0.4) is 0 Å². The van der Waals surface area contributed by atoms with Crippen molar-refractivity contribution >= 4 is 11.5 Å². The predicted octanol–water partition coefficient (Wildman–Crippen LogP) is 3.76. The van der Waals surface area contributed by atoms with Crippen molar-refractivity contribution in [1.29, 1.82) is 0 Å². The SMILES string of the molecule is CC(C)(C)c1ccc(CN2CCN(c3ccc4nnc(C(F)(F)F)n4n3)CC2)cc1. The van der Waals surface area contributed by atoms with Gasteiger partial charge >= 0.3 is 6.18 Å². The molecule has 0 bridgehead atoms. The van der Waals surface area contributed by atoms with Crippen LogP contribution in [0.25, 0.3) is 5.65 Å². The van der Waals surface area contributed by atoms with E-state index in [1.165, 1.54) is 17.2 Å². The van der Waals surface area contributed by atoms with Crippen molar-refractivity contribution in [1.82, 2.24) is 24.7 Å². The van der Waals surface area contributed by atoms with Gasteiger partial charge in [-0.15, -0.1) is 15.3 Å². The van der Waals surface area contributed by atoms with Gasteiger partial charge in [-0.05, 0) is 28.7 Å². The molecular weight excluding hydrogens is 393 g/mol. The number of piperazine rings is 1. The molecule has 0 unspecified atom stereocenters. The van der Waals surface area contributed by atoms with Crippen LogP contribution >= 0.6 is 0 Å². The fourth-order valence-corrected chi connectivity index (χ4v) is 3.63. The van der Waals surface area contributed by atoms with Crippen molar-refractivity contribution < 1.29 is 13.2 Å². The second kappa shape index (κ2) is 7.54. The summed E-state index contributed by atoms with van der Waals surface area (Å²) in [5.74, 6) is -0.598. The summed E-state index contributed by atoms with van der Waals surface area (Å²) in [5.41, 5.74) is 2.79. The number of alkyl halides is 3. The molecule has 0 aliphatic carbocycles. The molecule has 4 rings (SSSR count). The highest BCUT2D eigenvalue weighted by Crippen LogP contribution is 2.28. The van der Waals surface area contributed by atoms with Gasteiger partial charge in [-0.25, -0.2) is 0 Å². The zero-order valence-electron chi connectivity index (χ0n) is 17.3. The first-order valence-corrected chi connectivity index (χ1v) is 9.98. The highest BCUT2D eigenvalue weighted by Gasteiger charge is 2.37. The van der Waals surface area contributed by atoms with Gasteiger partial charge in [0.05, 0.1) is 0 Å². The quantitative estimate of drug-likeness (QED) is 0.648. The normalized spacial score (nSPS) is 16.4. The van der Waals surface area contributed by atoms with Crippen LogP contribution in [0.2, 0.25) is 0 Å². The van der Waals surface area contributed by atoms with Crippen LogP contribution in [0.5, 0.6) is 0 Å². The maximum atomic E-state index is 13.1. The number of benzene rings is 1. The van der Waals surface area contributed by atoms with Crippen LogP contribution < -0.4 is 4.90 Å². The summed E-state index contributed by atoms with van der Waals surface area (Å²) >= 11 is 0. The van der Waals surface area contributed by atoms with Crippen LogP contribution in [0, 0.1) is 0 Å². The molecule has 3 heterocycles. The average Bonchev–Trinajstić information content (AvgIpc) is 3.12. The molecule has 1 aromatic carbocycles. The summed E-state index contributed by atoms with van der Waals surface area (Å²) in [6.07, 6.45) is -4.59. The summed E-state index contributed by atoms with van der Waals surface area (Å²) < 4.78 is 40.0. The number of halogens is 3. The highest BCUT2D eigenvalue weighted by molar-refractivity contribution is 5.46. The summed E-state index contributed by atoms with van der Waals surface area (Å²) in [5, 5.41) is 10.9. The van der Waals surface area contributed by atoms with E-state index >= 15 is 0 Å². The zero-order valence-corrected chi connectivity index (χ0v) is 17.3. The molecule has 1 fully saturated rings. The fourth-order valence-electron chi connectivity index (χ4n) is 3.63. The fraction of sp³-hybridized carbons (Fsp3) is 0.476. The summed E-state index contributed by atoms with van der Waals surface area (Å²) in [6.45, 7) is 10.5. The van der Waals surface area contributed by atoms with Crippen LogP contribution in [0.4, 0.5) is 19.0 Å². The van der Waals surface area contributed by atoms with E-state index in [9.17, 15) is 13.2 Å². The number of fused-ring (bicyclic) bond motifs is 1. The first kappa shape index (κ1) is 20.6. The van der Waals surface area contributed by atoms with Crippen molar-refractivity contribution in [3.05, 3.63) is 53.3 Å². The molecule has 1 aliphatic rings. The maximum absolute atomic E-state index is 13.1. The zero-order chi connectivity index (χ0) is 21.5. The van der Waals surface area contributed by atoms with Gasteiger partial charge in [-0.2, -0.15) is 17.7 Å². The highest BCUT2D eigenvalue weighted by atomic mass is 19.4. The first-order valence-electron chi connectivity index (χ1n) is 9.98. The smallest absolute Gasteiger partial charge is 0.353 e.